The predicted molar refractivity (Wildman–Crippen MR) is 97.2 cm³/mol. The molecule has 1 saturated carbocycles. The van der Waals surface area contributed by atoms with E-state index in [2.05, 4.69) is 26.2 Å². The second-order valence-electron chi connectivity index (χ2n) is 6.04. The minimum absolute atomic E-state index is 0.0504. The van der Waals surface area contributed by atoms with Crippen LogP contribution in [-0.2, 0) is 0 Å². The van der Waals surface area contributed by atoms with E-state index in [9.17, 15) is 4.79 Å². The zero-order chi connectivity index (χ0) is 17.6. The summed E-state index contributed by atoms with van der Waals surface area (Å²) in [5.74, 6) is 0.491. The maximum atomic E-state index is 12.4. The van der Waals surface area contributed by atoms with Crippen LogP contribution in [0.1, 0.15) is 41.6 Å². The van der Waals surface area contributed by atoms with E-state index >= 15 is 0 Å². The molecule has 25 heavy (non-hydrogen) atoms. The number of halogens is 1. The van der Waals surface area contributed by atoms with Gasteiger partial charge in [-0.2, -0.15) is 5.26 Å². The molecule has 1 aliphatic carbocycles. The lowest BCUT2D eigenvalue weighted by Crippen LogP contribution is -2.39. The largest absolute Gasteiger partial charge is 0.474 e. The number of benzene rings is 1. The number of hydrogen-bond acceptors (Lipinski definition) is 4. The number of aromatic nitrogens is 1. The number of pyridine rings is 1. The Hall–Kier alpha value is -2.39. The van der Waals surface area contributed by atoms with E-state index < -0.39 is 0 Å². The number of ether oxygens (including phenoxy) is 1. The second kappa shape index (κ2) is 8.13. The summed E-state index contributed by atoms with van der Waals surface area (Å²) in [6, 6.07) is 13.0. The van der Waals surface area contributed by atoms with Crippen LogP contribution in [0.5, 0.6) is 5.88 Å². The molecule has 128 valence electrons. The fraction of sp³-hybridized carbons (Fsp3) is 0.316. The first-order valence-corrected chi connectivity index (χ1v) is 9.03. The molecule has 1 fully saturated rings. The average molecular weight is 400 g/mol. The van der Waals surface area contributed by atoms with Crippen molar-refractivity contribution in [1.29, 1.82) is 5.26 Å². The second-order valence-corrected chi connectivity index (χ2v) is 6.90. The highest BCUT2D eigenvalue weighted by molar-refractivity contribution is 9.10. The third-order valence-corrected chi connectivity index (χ3v) is 4.97. The molecular formula is C19H18BrN3O2. The first-order chi connectivity index (χ1) is 12.2. The summed E-state index contributed by atoms with van der Waals surface area (Å²) in [4.78, 5) is 16.5. The van der Waals surface area contributed by atoms with Gasteiger partial charge < -0.3 is 10.1 Å². The van der Waals surface area contributed by atoms with Gasteiger partial charge >= 0.3 is 0 Å². The molecule has 3 rings (SSSR count). The van der Waals surface area contributed by atoms with Crippen LogP contribution < -0.4 is 10.1 Å². The molecule has 0 atom stereocenters. The predicted octanol–water partition coefficient (Wildman–Crippen LogP) is 3.84. The highest BCUT2D eigenvalue weighted by Gasteiger charge is 2.24. The highest BCUT2D eigenvalue weighted by Crippen LogP contribution is 2.24. The van der Waals surface area contributed by atoms with Crippen molar-refractivity contribution in [1.82, 2.24) is 10.3 Å². The minimum Gasteiger partial charge on any atom is -0.474 e. The number of amides is 1. The Bertz CT molecular complexity index is 778. The van der Waals surface area contributed by atoms with Gasteiger partial charge in [0.05, 0.1) is 11.1 Å². The topological polar surface area (TPSA) is 75.0 Å². The van der Waals surface area contributed by atoms with Crippen LogP contribution in [0.15, 0.2) is 47.1 Å². The molecule has 0 unspecified atom stereocenters. The fourth-order valence-corrected chi connectivity index (χ4v) is 3.39. The standard InChI is InChI=1S/C19H18BrN3O2/c20-17-4-2-1-3-16(17)19(24)23-14-6-8-15(9-7-14)25-18-10-5-13(11-21)12-22-18/h1-5,10,12,14-15H,6-9H2,(H,23,24). The number of carbonyl (C=O) groups excluding carboxylic acids is 1. The Balaban J connectivity index is 1.49. The van der Waals surface area contributed by atoms with Crippen molar-refractivity contribution in [3.63, 3.8) is 0 Å². The smallest absolute Gasteiger partial charge is 0.252 e. The molecule has 0 saturated heterocycles. The Morgan fingerprint density at radius 3 is 2.60 bits per heavy atom. The Morgan fingerprint density at radius 1 is 1.20 bits per heavy atom. The van der Waals surface area contributed by atoms with Crippen LogP contribution in [0.4, 0.5) is 0 Å². The van der Waals surface area contributed by atoms with E-state index in [4.69, 9.17) is 10.00 Å². The molecule has 1 heterocycles. The zero-order valence-corrected chi connectivity index (χ0v) is 15.2. The summed E-state index contributed by atoms with van der Waals surface area (Å²) in [5, 5.41) is 11.9. The van der Waals surface area contributed by atoms with Gasteiger partial charge in [-0.15, -0.1) is 0 Å². The molecule has 1 amide bonds. The van der Waals surface area contributed by atoms with Crippen LogP contribution in [0.3, 0.4) is 0 Å². The van der Waals surface area contributed by atoms with Gasteiger partial charge in [0.1, 0.15) is 12.2 Å². The Kier molecular flexibility index (Phi) is 5.67. The molecule has 1 aromatic heterocycles. The molecule has 0 aliphatic heterocycles. The third kappa shape index (κ3) is 4.58. The number of nitriles is 1. The highest BCUT2D eigenvalue weighted by atomic mass is 79.9. The zero-order valence-electron chi connectivity index (χ0n) is 13.6. The number of nitrogens with zero attached hydrogens (tertiary/aromatic N) is 2. The fourth-order valence-electron chi connectivity index (χ4n) is 2.92. The van der Waals surface area contributed by atoms with Gasteiger partial charge in [0, 0.05) is 22.8 Å². The number of nitrogens with one attached hydrogen (secondary N) is 1. The van der Waals surface area contributed by atoms with Crippen molar-refractivity contribution < 1.29 is 9.53 Å². The summed E-state index contributed by atoms with van der Waals surface area (Å²) in [6.07, 6.45) is 5.08. The first kappa shape index (κ1) is 17.4. The molecule has 1 aliphatic rings. The van der Waals surface area contributed by atoms with Gasteiger partial charge in [-0.25, -0.2) is 4.98 Å². The number of carbonyl (C=O) groups is 1. The van der Waals surface area contributed by atoms with Gasteiger partial charge in [-0.3, -0.25) is 4.79 Å². The molecular weight excluding hydrogens is 382 g/mol. The molecule has 0 bridgehead atoms. The van der Waals surface area contributed by atoms with Crippen LogP contribution >= 0.6 is 15.9 Å². The van der Waals surface area contributed by atoms with E-state index in [0.29, 0.717) is 17.0 Å². The van der Waals surface area contributed by atoms with E-state index in [-0.39, 0.29) is 18.1 Å². The number of rotatable bonds is 4. The quantitative estimate of drug-likeness (QED) is 0.847. The van der Waals surface area contributed by atoms with Gasteiger partial charge in [0.15, 0.2) is 0 Å². The summed E-state index contributed by atoms with van der Waals surface area (Å²) in [7, 11) is 0. The first-order valence-electron chi connectivity index (χ1n) is 8.24. The molecule has 2 aromatic rings. The molecule has 1 aromatic carbocycles. The van der Waals surface area contributed by atoms with E-state index in [1.807, 2.05) is 30.3 Å². The van der Waals surface area contributed by atoms with Gasteiger partial charge in [-0.05, 0) is 59.8 Å². The Morgan fingerprint density at radius 2 is 1.96 bits per heavy atom. The molecule has 0 spiro atoms. The average Bonchev–Trinajstić information content (AvgIpc) is 2.64. The maximum absolute atomic E-state index is 12.4. The number of hydrogen-bond donors (Lipinski definition) is 1. The van der Waals surface area contributed by atoms with Crippen LogP contribution in [0.25, 0.3) is 0 Å². The van der Waals surface area contributed by atoms with Crippen molar-refractivity contribution in [3.05, 3.63) is 58.2 Å². The minimum atomic E-state index is -0.0504. The van der Waals surface area contributed by atoms with Crippen molar-refractivity contribution in [2.75, 3.05) is 0 Å². The van der Waals surface area contributed by atoms with Crippen LogP contribution in [0, 0.1) is 11.3 Å². The molecule has 1 N–H and O–H groups in total. The van der Waals surface area contributed by atoms with E-state index in [1.165, 1.54) is 6.20 Å². The lowest BCUT2D eigenvalue weighted by Gasteiger charge is -2.29. The van der Waals surface area contributed by atoms with E-state index in [1.54, 1.807) is 12.1 Å². The van der Waals surface area contributed by atoms with Crippen molar-refractivity contribution in [3.8, 4) is 11.9 Å². The lowest BCUT2D eigenvalue weighted by molar-refractivity contribution is 0.0889. The van der Waals surface area contributed by atoms with Gasteiger partial charge in [0.2, 0.25) is 5.88 Å². The van der Waals surface area contributed by atoms with E-state index in [0.717, 1.165) is 30.2 Å². The van der Waals surface area contributed by atoms with Gasteiger partial charge in [0.25, 0.3) is 5.91 Å². The van der Waals surface area contributed by atoms with Crippen molar-refractivity contribution in [2.24, 2.45) is 0 Å². The summed E-state index contributed by atoms with van der Waals surface area (Å²) in [6.45, 7) is 0. The summed E-state index contributed by atoms with van der Waals surface area (Å²) in [5.41, 5.74) is 1.17. The normalized spacial score (nSPS) is 19.7. The van der Waals surface area contributed by atoms with Crippen LogP contribution in [-0.4, -0.2) is 23.0 Å². The third-order valence-electron chi connectivity index (χ3n) is 4.28. The lowest BCUT2D eigenvalue weighted by atomic mass is 9.92. The monoisotopic (exact) mass is 399 g/mol. The van der Waals surface area contributed by atoms with Crippen molar-refractivity contribution in [2.45, 2.75) is 37.8 Å². The molecule has 6 heteroatoms. The SMILES string of the molecule is N#Cc1ccc(OC2CCC(NC(=O)c3ccccc3Br)CC2)nc1. The Labute approximate surface area is 155 Å². The van der Waals surface area contributed by atoms with Gasteiger partial charge in [-0.1, -0.05) is 12.1 Å². The van der Waals surface area contributed by atoms with Crippen molar-refractivity contribution >= 4 is 21.8 Å². The molecule has 5 nitrogen and oxygen atoms in total. The van der Waals surface area contributed by atoms with Crippen LogP contribution in [0.2, 0.25) is 0 Å². The summed E-state index contributed by atoms with van der Waals surface area (Å²) >= 11 is 3.41. The molecule has 0 radical (unpaired) electrons. The maximum Gasteiger partial charge on any atom is 0.252 e. The summed E-state index contributed by atoms with van der Waals surface area (Å²) < 4.78 is 6.67.